The van der Waals surface area contributed by atoms with Crippen LogP contribution in [-0.4, -0.2) is 24.5 Å². The Kier molecular flexibility index (Phi) is 8.44. The van der Waals surface area contributed by atoms with E-state index in [2.05, 4.69) is 10.6 Å². The van der Waals surface area contributed by atoms with Crippen LogP contribution < -0.4 is 16.4 Å². The van der Waals surface area contributed by atoms with Gasteiger partial charge in [0.2, 0.25) is 5.91 Å². The predicted octanol–water partition coefficient (Wildman–Crippen LogP) is 2.93. The van der Waals surface area contributed by atoms with E-state index in [9.17, 15) is 9.59 Å². The van der Waals surface area contributed by atoms with E-state index in [1.54, 1.807) is 0 Å². The molecule has 4 N–H and O–H groups in total. The van der Waals surface area contributed by atoms with Gasteiger partial charge in [0, 0.05) is 31.3 Å². The Morgan fingerprint density at radius 3 is 2.64 bits per heavy atom. The molecular formula is C21H26ClN3O3. The molecule has 28 heavy (non-hydrogen) atoms. The Hall–Kier alpha value is -2.41. The summed E-state index contributed by atoms with van der Waals surface area (Å²) in [6.07, 6.45) is 1.52. The van der Waals surface area contributed by atoms with Crippen molar-refractivity contribution in [2.24, 2.45) is 5.73 Å². The summed E-state index contributed by atoms with van der Waals surface area (Å²) in [5.74, 6) is -0.234. The van der Waals surface area contributed by atoms with Crippen LogP contribution in [0.25, 0.3) is 0 Å². The molecule has 0 radical (unpaired) electrons. The smallest absolute Gasteiger partial charge is 0.253 e. The zero-order valence-electron chi connectivity index (χ0n) is 15.6. The Morgan fingerprint density at radius 2 is 1.93 bits per heavy atom. The van der Waals surface area contributed by atoms with Crippen molar-refractivity contribution in [2.75, 3.05) is 11.9 Å². The third kappa shape index (κ3) is 6.34. The summed E-state index contributed by atoms with van der Waals surface area (Å²) in [5, 5.41) is 5.75. The molecule has 2 aromatic rings. The van der Waals surface area contributed by atoms with E-state index in [1.165, 1.54) is 0 Å². The molecule has 2 amide bonds. The summed E-state index contributed by atoms with van der Waals surface area (Å²) in [6, 6.07) is 16.7. The molecule has 1 heterocycles. The molecule has 0 spiro atoms. The fourth-order valence-electron chi connectivity index (χ4n) is 3.06. The molecule has 0 aromatic heterocycles. The standard InChI is InChI=1S/C21H25N3O3.ClH/c22-18(16-7-2-1-3-8-16)13-20(25)23-14-15-6-4-9-17(12-15)24-21(26)19-10-5-11-27-19;/h1-4,6-9,12,18-19H,5,10-11,13-14,22H2,(H,23,25)(H,24,26);1H. The number of benzene rings is 2. The summed E-state index contributed by atoms with van der Waals surface area (Å²) < 4.78 is 5.39. The van der Waals surface area contributed by atoms with Gasteiger partial charge in [-0.15, -0.1) is 12.4 Å². The van der Waals surface area contributed by atoms with Gasteiger partial charge in [-0.25, -0.2) is 0 Å². The highest BCUT2D eigenvalue weighted by Crippen LogP contribution is 2.17. The van der Waals surface area contributed by atoms with Crippen molar-refractivity contribution in [1.29, 1.82) is 0 Å². The second kappa shape index (κ2) is 10.8. The number of carbonyl (C=O) groups is 2. The summed E-state index contributed by atoms with van der Waals surface area (Å²) in [7, 11) is 0. The number of carbonyl (C=O) groups excluding carboxylic acids is 2. The van der Waals surface area contributed by atoms with Crippen LogP contribution in [0.4, 0.5) is 5.69 Å². The van der Waals surface area contributed by atoms with Crippen LogP contribution in [0.15, 0.2) is 54.6 Å². The van der Waals surface area contributed by atoms with E-state index in [1.807, 2.05) is 54.6 Å². The first kappa shape index (κ1) is 21.9. The van der Waals surface area contributed by atoms with Gasteiger partial charge in [0.15, 0.2) is 0 Å². The molecule has 0 bridgehead atoms. The molecule has 1 fully saturated rings. The van der Waals surface area contributed by atoms with Crippen LogP contribution in [0.3, 0.4) is 0 Å². The highest BCUT2D eigenvalue weighted by molar-refractivity contribution is 5.94. The molecule has 2 unspecified atom stereocenters. The topological polar surface area (TPSA) is 93.5 Å². The first-order chi connectivity index (χ1) is 13.1. The fourth-order valence-corrected chi connectivity index (χ4v) is 3.06. The van der Waals surface area contributed by atoms with Crippen LogP contribution in [0.5, 0.6) is 0 Å². The van der Waals surface area contributed by atoms with Gasteiger partial charge >= 0.3 is 0 Å². The van der Waals surface area contributed by atoms with Crippen molar-refractivity contribution in [3.05, 3.63) is 65.7 Å². The zero-order valence-corrected chi connectivity index (χ0v) is 16.4. The lowest BCUT2D eigenvalue weighted by Gasteiger charge is -2.13. The molecule has 6 nitrogen and oxygen atoms in total. The van der Waals surface area contributed by atoms with E-state index in [0.717, 1.165) is 24.0 Å². The minimum absolute atomic E-state index is 0. The van der Waals surface area contributed by atoms with Gasteiger partial charge in [-0.2, -0.15) is 0 Å². The minimum atomic E-state index is -0.368. The second-order valence-electron chi connectivity index (χ2n) is 6.69. The molecule has 0 aliphatic carbocycles. The second-order valence-corrected chi connectivity index (χ2v) is 6.69. The number of hydrogen-bond donors (Lipinski definition) is 3. The third-order valence-electron chi connectivity index (χ3n) is 4.54. The van der Waals surface area contributed by atoms with Crippen LogP contribution in [-0.2, 0) is 20.9 Å². The van der Waals surface area contributed by atoms with Gasteiger partial charge in [0.05, 0.1) is 0 Å². The maximum atomic E-state index is 12.2. The van der Waals surface area contributed by atoms with Gasteiger partial charge in [-0.1, -0.05) is 42.5 Å². The van der Waals surface area contributed by atoms with Crippen LogP contribution in [0.1, 0.15) is 36.4 Å². The highest BCUT2D eigenvalue weighted by Gasteiger charge is 2.23. The number of anilines is 1. The lowest BCUT2D eigenvalue weighted by atomic mass is 10.0. The van der Waals surface area contributed by atoms with Gasteiger partial charge in [-0.05, 0) is 36.1 Å². The molecule has 1 saturated heterocycles. The Labute approximate surface area is 171 Å². The number of halogens is 1. The van der Waals surface area contributed by atoms with Crippen LogP contribution in [0.2, 0.25) is 0 Å². The minimum Gasteiger partial charge on any atom is -0.368 e. The van der Waals surface area contributed by atoms with Crippen LogP contribution in [0, 0.1) is 0 Å². The molecule has 2 atom stereocenters. The maximum absolute atomic E-state index is 12.2. The number of ether oxygens (including phenoxy) is 1. The average Bonchev–Trinajstić information content (AvgIpc) is 3.22. The summed E-state index contributed by atoms with van der Waals surface area (Å²) in [5.41, 5.74) is 8.62. The predicted molar refractivity (Wildman–Crippen MR) is 111 cm³/mol. The number of hydrogen-bond acceptors (Lipinski definition) is 4. The molecule has 0 saturated carbocycles. The normalized spacial score (nSPS) is 16.7. The van der Waals surface area contributed by atoms with Crippen molar-refractivity contribution in [1.82, 2.24) is 5.32 Å². The third-order valence-corrected chi connectivity index (χ3v) is 4.54. The number of amides is 2. The Morgan fingerprint density at radius 1 is 1.14 bits per heavy atom. The highest BCUT2D eigenvalue weighted by atomic mass is 35.5. The van der Waals surface area contributed by atoms with Crippen molar-refractivity contribution < 1.29 is 14.3 Å². The number of rotatable bonds is 7. The lowest BCUT2D eigenvalue weighted by molar-refractivity contribution is -0.124. The summed E-state index contributed by atoms with van der Waals surface area (Å²) in [4.78, 5) is 24.3. The van der Waals surface area contributed by atoms with Crippen LogP contribution >= 0.6 is 12.4 Å². The number of nitrogens with one attached hydrogen (secondary N) is 2. The monoisotopic (exact) mass is 403 g/mol. The Balaban J connectivity index is 0.00000280. The maximum Gasteiger partial charge on any atom is 0.253 e. The Bertz CT molecular complexity index is 779. The van der Waals surface area contributed by atoms with E-state index >= 15 is 0 Å². The molecule has 1 aliphatic heterocycles. The summed E-state index contributed by atoms with van der Waals surface area (Å²) in [6.45, 7) is 1.01. The van der Waals surface area contributed by atoms with Crippen molar-refractivity contribution in [3.63, 3.8) is 0 Å². The van der Waals surface area contributed by atoms with Gasteiger partial charge in [-0.3, -0.25) is 9.59 Å². The quantitative estimate of drug-likeness (QED) is 0.662. The van der Waals surface area contributed by atoms with Crippen molar-refractivity contribution >= 4 is 29.9 Å². The fraction of sp³-hybridized carbons (Fsp3) is 0.333. The molecule has 150 valence electrons. The van der Waals surface area contributed by atoms with Crippen molar-refractivity contribution in [2.45, 2.75) is 38.0 Å². The first-order valence-electron chi connectivity index (χ1n) is 9.20. The van der Waals surface area contributed by atoms with E-state index in [0.29, 0.717) is 18.8 Å². The number of nitrogens with two attached hydrogens (primary N) is 1. The van der Waals surface area contributed by atoms with E-state index in [4.69, 9.17) is 10.5 Å². The average molecular weight is 404 g/mol. The van der Waals surface area contributed by atoms with Gasteiger partial charge < -0.3 is 21.1 Å². The zero-order chi connectivity index (χ0) is 19.1. The lowest BCUT2D eigenvalue weighted by Crippen LogP contribution is -2.28. The molecule has 3 rings (SSSR count). The van der Waals surface area contributed by atoms with E-state index in [-0.39, 0.29) is 42.8 Å². The van der Waals surface area contributed by atoms with Crippen molar-refractivity contribution in [3.8, 4) is 0 Å². The summed E-state index contributed by atoms with van der Waals surface area (Å²) >= 11 is 0. The molecule has 2 aromatic carbocycles. The first-order valence-corrected chi connectivity index (χ1v) is 9.20. The van der Waals surface area contributed by atoms with E-state index < -0.39 is 0 Å². The van der Waals surface area contributed by atoms with Gasteiger partial charge in [0.1, 0.15) is 6.10 Å². The van der Waals surface area contributed by atoms with Gasteiger partial charge in [0.25, 0.3) is 5.91 Å². The SMILES string of the molecule is Cl.NC(CC(=O)NCc1cccc(NC(=O)C2CCCO2)c1)c1ccccc1. The largest absolute Gasteiger partial charge is 0.368 e. The molecule has 7 heteroatoms. The molecular weight excluding hydrogens is 378 g/mol. The molecule has 1 aliphatic rings.